The molecule has 0 N–H and O–H groups in total. The number of aromatic nitrogens is 4. The van der Waals surface area contributed by atoms with Gasteiger partial charge in [-0.2, -0.15) is 0 Å². The van der Waals surface area contributed by atoms with Gasteiger partial charge in [0.1, 0.15) is 33.6 Å². The highest BCUT2D eigenvalue weighted by Gasteiger charge is 2.28. The third kappa shape index (κ3) is 3.94. The summed E-state index contributed by atoms with van der Waals surface area (Å²) in [6.45, 7) is 0. The van der Waals surface area contributed by atoms with Gasteiger partial charge in [-0.25, -0.2) is 9.97 Å². The number of hydrogen-bond donors (Lipinski definition) is 0. The van der Waals surface area contributed by atoms with Gasteiger partial charge in [-0.1, -0.05) is 96.7 Å². The molecule has 12 aromatic rings. The van der Waals surface area contributed by atoms with Crippen molar-refractivity contribution in [3.63, 3.8) is 0 Å². The molecule has 6 heterocycles. The van der Waals surface area contributed by atoms with Crippen molar-refractivity contribution in [3.05, 3.63) is 158 Å². The highest BCUT2D eigenvalue weighted by atomic mass is 32.2. The number of furan rings is 2. The Morgan fingerprint density at radius 3 is 2.15 bits per heavy atom. The van der Waals surface area contributed by atoms with Gasteiger partial charge in [0.2, 0.25) is 0 Å². The molecule has 55 heavy (non-hydrogen) atoms. The van der Waals surface area contributed by atoms with E-state index in [0.29, 0.717) is 11.4 Å². The molecule has 0 atom stereocenters. The average molecular weight is 723 g/mol. The molecule has 13 rings (SSSR count). The fourth-order valence-corrected chi connectivity index (χ4v) is 9.92. The molecule has 5 aromatic heterocycles. The Balaban J connectivity index is 1.15. The van der Waals surface area contributed by atoms with Gasteiger partial charge < -0.3 is 8.83 Å². The van der Waals surface area contributed by atoms with Crippen LogP contribution in [0.3, 0.4) is 0 Å². The first-order valence-electron chi connectivity index (χ1n) is 18.3. The minimum absolute atomic E-state index is 0.635. The summed E-state index contributed by atoms with van der Waals surface area (Å²) in [4.78, 5) is 13.2. The maximum Gasteiger partial charge on any atom is 0.180 e. The van der Waals surface area contributed by atoms with Crippen molar-refractivity contribution < 1.29 is 8.83 Å². The van der Waals surface area contributed by atoms with Crippen LogP contribution in [-0.4, -0.2) is 19.1 Å². The van der Waals surface area contributed by atoms with Gasteiger partial charge in [0, 0.05) is 58.9 Å². The maximum atomic E-state index is 6.59. The first kappa shape index (κ1) is 29.4. The summed E-state index contributed by atoms with van der Waals surface area (Å²) >= 11 is 1.84. The van der Waals surface area contributed by atoms with Gasteiger partial charge >= 0.3 is 0 Å². The van der Waals surface area contributed by atoms with Crippen LogP contribution in [0.1, 0.15) is 0 Å². The van der Waals surface area contributed by atoms with Crippen molar-refractivity contribution in [2.24, 2.45) is 0 Å². The molecule has 7 heteroatoms. The van der Waals surface area contributed by atoms with Crippen molar-refractivity contribution in [3.8, 4) is 34.0 Å². The monoisotopic (exact) mass is 722 g/mol. The Hall–Kier alpha value is -7.09. The highest BCUT2D eigenvalue weighted by Crippen LogP contribution is 2.50. The van der Waals surface area contributed by atoms with Crippen LogP contribution in [0.4, 0.5) is 0 Å². The lowest BCUT2D eigenvalue weighted by molar-refractivity contribution is 0.667. The Kier molecular flexibility index (Phi) is 5.74. The van der Waals surface area contributed by atoms with Crippen LogP contribution in [0.15, 0.2) is 176 Å². The second-order valence-corrected chi connectivity index (χ2v) is 15.2. The van der Waals surface area contributed by atoms with E-state index in [0.717, 1.165) is 77.5 Å². The summed E-state index contributed by atoms with van der Waals surface area (Å²) < 4.78 is 17.8. The molecule has 0 radical (unpaired) electrons. The summed E-state index contributed by atoms with van der Waals surface area (Å²) in [5.74, 6) is 0.635. The van der Waals surface area contributed by atoms with E-state index in [9.17, 15) is 0 Å². The second-order valence-electron chi connectivity index (χ2n) is 14.1. The zero-order chi connectivity index (χ0) is 35.8. The summed E-state index contributed by atoms with van der Waals surface area (Å²) in [5.41, 5.74) is 12.3. The molecule has 0 spiro atoms. The molecule has 0 unspecified atom stereocenters. The molecule has 6 nitrogen and oxygen atoms in total. The third-order valence-electron chi connectivity index (χ3n) is 11.1. The predicted octanol–water partition coefficient (Wildman–Crippen LogP) is 13.1. The summed E-state index contributed by atoms with van der Waals surface area (Å²) in [7, 11) is 0. The molecule has 0 saturated heterocycles. The summed E-state index contributed by atoms with van der Waals surface area (Å²) in [6.07, 6.45) is 0. The lowest BCUT2D eigenvalue weighted by atomic mass is 10.0. The van der Waals surface area contributed by atoms with E-state index in [4.69, 9.17) is 18.8 Å². The summed E-state index contributed by atoms with van der Waals surface area (Å²) in [6, 6.07) is 55.2. The molecule has 256 valence electrons. The van der Waals surface area contributed by atoms with E-state index in [1.165, 1.54) is 31.8 Å². The van der Waals surface area contributed by atoms with Gasteiger partial charge in [-0.15, -0.1) is 0 Å². The molecule has 0 aliphatic carbocycles. The van der Waals surface area contributed by atoms with Crippen molar-refractivity contribution >= 4 is 88.6 Å². The van der Waals surface area contributed by atoms with Crippen LogP contribution >= 0.6 is 11.8 Å². The molecule has 0 saturated carbocycles. The first-order valence-corrected chi connectivity index (χ1v) is 19.1. The van der Waals surface area contributed by atoms with E-state index in [2.05, 4.69) is 118 Å². The highest BCUT2D eigenvalue weighted by molar-refractivity contribution is 7.99. The smallest absolute Gasteiger partial charge is 0.180 e. The van der Waals surface area contributed by atoms with Gasteiger partial charge in [0.25, 0.3) is 0 Å². The fraction of sp³-hybridized carbons (Fsp3) is 0. The average Bonchev–Trinajstić information content (AvgIpc) is 3.99. The number of para-hydroxylation sites is 5. The topological polar surface area (TPSA) is 61.9 Å². The molecule has 0 amide bonds. The van der Waals surface area contributed by atoms with E-state index >= 15 is 0 Å². The Morgan fingerprint density at radius 2 is 1.24 bits per heavy atom. The van der Waals surface area contributed by atoms with Gasteiger partial charge in [0.05, 0.1) is 16.7 Å². The number of fused-ring (bicyclic) bond motifs is 13. The SMILES string of the molecule is c1ccc(-n2c3ccc(-c4nc(-c5cccc6oc7ccccc7c56)c5oc6ccccc6c5n4)cc3c3c4cccc5c4n(c32)-c2ccccc2S5)cc1. The molecule has 0 fully saturated rings. The minimum Gasteiger partial charge on any atom is -0.456 e. The lowest BCUT2D eigenvalue weighted by Gasteiger charge is -2.21. The Labute approximate surface area is 316 Å². The van der Waals surface area contributed by atoms with Crippen molar-refractivity contribution in [2.45, 2.75) is 9.79 Å². The van der Waals surface area contributed by atoms with Crippen molar-refractivity contribution in [1.82, 2.24) is 19.1 Å². The van der Waals surface area contributed by atoms with Crippen LogP contribution in [0.25, 0.3) is 111 Å². The largest absolute Gasteiger partial charge is 0.456 e. The molecule has 0 bridgehead atoms. The zero-order valence-corrected chi connectivity index (χ0v) is 29.8. The normalized spacial score (nSPS) is 12.7. The number of nitrogens with zero attached hydrogens (tertiary/aromatic N) is 4. The van der Waals surface area contributed by atoms with Gasteiger partial charge in [0.15, 0.2) is 11.4 Å². The first-order chi connectivity index (χ1) is 27.3. The molecule has 1 aliphatic rings. The Morgan fingerprint density at radius 1 is 0.509 bits per heavy atom. The van der Waals surface area contributed by atoms with E-state index in [1.807, 2.05) is 60.3 Å². The molecular weight excluding hydrogens is 697 g/mol. The lowest BCUT2D eigenvalue weighted by Crippen LogP contribution is -2.05. The van der Waals surface area contributed by atoms with Crippen LogP contribution in [0.2, 0.25) is 0 Å². The van der Waals surface area contributed by atoms with Crippen molar-refractivity contribution in [2.75, 3.05) is 0 Å². The second kappa shape index (κ2) is 10.7. The zero-order valence-electron chi connectivity index (χ0n) is 29.0. The van der Waals surface area contributed by atoms with Crippen LogP contribution in [0, 0.1) is 0 Å². The fourth-order valence-electron chi connectivity index (χ4n) is 8.83. The third-order valence-corrected chi connectivity index (χ3v) is 12.2. The number of hydrogen-bond acceptors (Lipinski definition) is 5. The van der Waals surface area contributed by atoms with Gasteiger partial charge in [-0.3, -0.25) is 9.13 Å². The Bertz CT molecular complexity index is 3590. The van der Waals surface area contributed by atoms with Crippen molar-refractivity contribution in [1.29, 1.82) is 0 Å². The molecular formula is C48H26N4O2S. The summed E-state index contributed by atoms with van der Waals surface area (Å²) in [5, 5.41) is 6.58. The standard InChI is InChI=1S/C48H26N4O2S/c1-2-12-28(13-3-1)51-34-25-24-27(26-33(34)42-32-17-11-23-40-45(32)52(48(42)51)35-18-6-9-22-39(35)55-40)47-49-43-30-15-5-8-20-37(30)54-46(43)44(50-47)31-16-10-21-38-41(31)29-14-4-7-19-36(29)53-38/h1-26H. The van der Waals surface area contributed by atoms with E-state index in [-0.39, 0.29) is 0 Å². The van der Waals surface area contributed by atoms with Gasteiger partial charge in [-0.05, 0) is 72.8 Å². The van der Waals surface area contributed by atoms with Crippen LogP contribution in [0.5, 0.6) is 0 Å². The van der Waals surface area contributed by atoms with E-state index in [1.54, 1.807) is 0 Å². The quantitative estimate of drug-likeness (QED) is 0.182. The van der Waals surface area contributed by atoms with Crippen LogP contribution < -0.4 is 0 Å². The molecule has 1 aliphatic heterocycles. The van der Waals surface area contributed by atoms with Crippen LogP contribution in [-0.2, 0) is 0 Å². The predicted molar refractivity (Wildman–Crippen MR) is 223 cm³/mol. The maximum absolute atomic E-state index is 6.59. The number of benzene rings is 7. The number of rotatable bonds is 3. The van der Waals surface area contributed by atoms with E-state index < -0.39 is 0 Å². The minimum atomic E-state index is 0.635. The molecule has 7 aromatic carbocycles.